The van der Waals surface area contributed by atoms with E-state index >= 15 is 0 Å². The van der Waals surface area contributed by atoms with Crippen LogP contribution >= 0.6 is 0 Å². The molecule has 1 N–H and O–H groups in total. The summed E-state index contributed by atoms with van der Waals surface area (Å²) in [6, 6.07) is 0. The van der Waals surface area contributed by atoms with Crippen LogP contribution in [0.25, 0.3) is 0 Å². The Morgan fingerprint density at radius 2 is 2.00 bits per heavy atom. The third-order valence-corrected chi connectivity index (χ3v) is 4.54. The van der Waals surface area contributed by atoms with Crippen molar-refractivity contribution in [2.75, 3.05) is 33.7 Å². The Hall–Kier alpha value is -0.0800. The van der Waals surface area contributed by atoms with E-state index in [0.717, 1.165) is 17.8 Å². The van der Waals surface area contributed by atoms with Crippen LogP contribution < -0.4 is 5.32 Å². The number of hydrogen-bond donors (Lipinski definition) is 1. The molecular weight excluding hydrogens is 196 g/mol. The van der Waals surface area contributed by atoms with Crippen LogP contribution in [0.4, 0.5) is 0 Å². The Bertz CT molecular complexity index is 203. The van der Waals surface area contributed by atoms with Gasteiger partial charge in [-0.3, -0.25) is 0 Å². The molecule has 0 aromatic rings. The first kappa shape index (κ1) is 12.4. The molecule has 2 aliphatic carbocycles. The summed E-state index contributed by atoms with van der Waals surface area (Å²) in [6.07, 6.45) is 8.90. The fraction of sp³-hybridized carbons (Fsp3) is 1.00. The second kappa shape index (κ2) is 6.02. The van der Waals surface area contributed by atoms with E-state index in [1.165, 1.54) is 45.3 Å². The number of nitrogens with zero attached hydrogens (tertiary/aromatic N) is 1. The van der Waals surface area contributed by atoms with E-state index in [-0.39, 0.29) is 0 Å². The Kier molecular flexibility index (Phi) is 4.66. The van der Waals surface area contributed by atoms with Gasteiger partial charge in [0.1, 0.15) is 0 Å². The number of fused-ring (bicyclic) bond motifs is 2. The quantitative estimate of drug-likeness (QED) is 0.668. The Labute approximate surface area is 101 Å². The number of rotatable bonds is 7. The van der Waals surface area contributed by atoms with Crippen LogP contribution in [-0.4, -0.2) is 38.6 Å². The highest BCUT2D eigenvalue weighted by molar-refractivity contribution is 4.89. The van der Waals surface area contributed by atoms with Crippen molar-refractivity contribution in [1.82, 2.24) is 10.2 Å². The molecule has 2 saturated carbocycles. The summed E-state index contributed by atoms with van der Waals surface area (Å²) >= 11 is 0. The molecule has 0 heterocycles. The van der Waals surface area contributed by atoms with Crippen LogP contribution in [0.3, 0.4) is 0 Å². The minimum Gasteiger partial charge on any atom is -0.317 e. The van der Waals surface area contributed by atoms with Gasteiger partial charge in [0.05, 0.1) is 0 Å². The van der Waals surface area contributed by atoms with E-state index in [1.807, 2.05) is 0 Å². The Morgan fingerprint density at radius 1 is 1.12 bits per heavy atom. The SMILES string of the molecule is CN(C)CCCNCCC1CC2CCC1C2. The van der Waals surface area contributed by atoms with Crippen molar-refractivity contribution in [3.8, 4) is 0 Å². The summed E-state index contributed by atoms with van der Waals surface area (Å²) in [7, 11) is 4.30. The van der Waals surface area contributed by atoms with Crippen LogP contribution in [0, 0.1) is 17.8 Å². The maximum Gasteiger partial charge on any atom is -0.00127 e. The van der Waals surface area contributed by atoms with Gasteiger partial charge in [0.25, 0.3) is 0 Å². The largest absolute Gasteiger partial charge is 0.317 e. The minimum absolute atomic E-state index is 1.07. The molecule has 0 aromatic heterocycles. The van der Waals surface area contributed by atoms with Gasteiger partial charge < -0.3 is 10.2 Å². The smallest absolute Gasteiger partial charge is 0.00127 e. The lowest BCUT2D eigenvalue weighted by atomic mass is 9.86. The molecule has 2 fully saturated rings. The van der Waals surface area contributed by atoms with Gasteiger partial charge in [-0.1, -0.05) is 6.42 Å². The minimum atomic E-state index is 1.07. The van der Waals surface area contributed by atoms with Crippen molar-refractivity contribution >= 4 is 0 Å². The van der Waals surface area contributed by atoms with Crippen molar-refractivity contribution in [2.45, 2.75) is 38.5 Å². The number of nitrogens with one attached hydrogen (secondary N) is 1. The molecule has 2 rings (SSSR count). The summed E-state index contributed by atoms with van der Waals surface area (Å²) in [5.41, 5.74) is 0. The van der Waals surface area contributed by atoms with E-state index in [0.29, 0.717) is 0 Å². The van der Waals surface area contributed by atoms with Gasteiger partial charge in [-0.05, 0) is 83.6 Å². The first-order valence-corrected chi connectivity index (χ1v) is 7.11. The van der Waals surface area contributed by atoms with Crippen LogP contribution in [0.1, 0.15) is 38.5 Å². The zero-order valence-electron chi connectivity index (χ0n) is 11.0. The average Bonchev–Trinajstić information content (AvgIpc) is 2.84. The van der Waals surface area contributed by atoms with Crippen molar-refractivity contribution < 1.29 is 0 Å². The van der Waals surface area contributed by atoms with E-state index in [1.54, 1.807) is 12.8 Å². The van der Waals surface area contributed by atoms with E-state index in [9.17, 15) is 0 Å². The molecule has 0 aliphatic heterocycles. The van der Waals surface area contributed by atoms with Crippen LogP contribution in [0.2, 0.25) is 0 Å². The molecule has 3 unspecified atom stereocenters. The first-order chi connectivity index (χ1) is 7.75. The summed E-state index contributed by atoms with van der Waals surface area (Å²) in [6.45, 7) is 3.65. The topological polar surface area (TPSA) is 15.3 Å². The lowest BCUT2D eigenvalue weighted by molar-refractivity contribution is 0.309. The summed E-state index contributed by atoms with van der Waals surface area (Å²) in [5.74, 6) is 3.29. The molecule has 94 valence electrons. The van der Waals surface area contributed by atoms with Gasteiger partial charge in [-0.2, -0.15) is 0 Å². The molecule has 2 heteroatoms. The maximum absolute atomic E-state index is 3.60. The molecule has 2 bridgehead atoms. The molecule has 0 radical (unpaired) electrons. The predicted molar refractivity (Wildman–Crippen MR) is 69.6 cm³/mol. The lowest BCUT2D eigenvalue weighted by Gasteiger charge is -2.21. The zero-order chi connectivity index (χ0) is 11.4. The Morgan fingerprint density at radius 3 is 2.62 bits per heavy atom. The van der Waals surface area contributed by atoms with Gasteiger partial charge in [-0.25, -0.2) is 0 Å². The van der Waals surface area contributed by atoms with Crippen LogP contribution in [0.5, 0.6) is 0 Å². The third-order valence-electron chi connectivity index (χ3n) is 4.54. The Balaban J connectivity index is 1.46. The van der Waals surface area contributed by atoms with Gasteiger partial charge in [0.15, 0.2) is 0 Å². The molecule has 0 amide bonds. The van der Waals surface area contributed by atoms with Crippen LogP contribution in [-0.2, 0) is 0 Å². The van der Waals surface area contributed by atoms with Crippen LogP contribution in [0.15, 0.2) is 0 Å². The summed E-state index contributed by atoms with van der Waals surface area (Å²) in [4.78, 5) is 2.26. The van der Waals surface area contributed by atoms with Gasteiger partial charge in [0.2, 0.25) is 0 Å². The van der Waals surface area contributed by atoms with E-state index in [2.05, 4.69) is 24.3 Å². The highest BCUT2D eigenvalue weighted by Crippen LogP contribution is 2.49. The second-order valence-electron chi connectivity index (χ2n) is 6.13. The van der Waals surface area contributed by atoms with E-state index < -0.39 is 0 Å². The summed E-state index contributed by atoms with van der Waals surface area (Å²) in [5, 5.41) is 3.60. The highest BCUT2D eigenvalue weighted by Gasteiger charge is 2.38. The maximum atomic E-state index is 3.60. The molecule has 3 atom stereocenters. The second-order valence-corrected chi connectivity index (χ2v) is 6.13. The molecule has 0 saturated heterocycles. The standard InChI is InChI=1S/C14H28N2/c1-16(2)9-3-7-15-8-6-14-11-12-4-5-13(14)10-12/h12-15H,3-11H2,1-2H3. The van der Waals surface area contributed by atoms with Gasteiger partial charge >= 0.3 is 0 Å². The fourth-order valence-electron chi connectivity index (χ4n) is 3.66. The average molecular weight is 224 g/mol. The zero-order valence-corrected chi connectivity index (χ0v) is 11.0. The van der Waals surface area contributed by atoms with Gasteiger partial charge in [-0.15, -0.1) is 0 Å². The predicted octanol–water partition coefficient (Wildman–Crippen LogP) is 2.35. The third kappa shape index (κ3) is 3.46. The normalized spacial score (nSPS) is 32.8. The molecular formula is C14H28N2. The lowest BCUT2D eigenvalue weighted by Crippen LogP contribution is -2.24. The van der Waals surface area contributed by atoms with Crippen molar-refractivity contribution in [1.29, 1.82) is 0 Å². The molecule has 0 spiro atoms. The van der Waals surface area contributed by atoms with Gasteiger partial charge in [0, 0.05) is 0 Å². The molecule has 2 nitrogen and oxygen atoms in total. The van der Waals surface area contributed by atoms with Crippen molar-refractivity contribution in [3.05, 3.63) is 0 Å². The molecule has 2 aliphatic rings. The first-order valence-electron chi connectivity index (χ1n) is 7.11. The van der Waals surface area contributed by atoms with E-state index in [4.69, 9.17) is 0 Å². The monoisotopic (exact) mass is 224 g/mol. The number of hydrogen-bond acceptors (Lipinski definition) is 2. The van der Waals surface area contributed by atoms with Crippen molar-refractivity contribution in [2.24, 2.45) is 17.8 Å². The highest BCUT2D eigenvalue weighted by atomic mass is 15.0. The molecule has 16 heavy (non-hydrogen) atoms. The summed E-state index contributed by atoms with van der Waals surface area (Å²) < 4.78 is 0. The fourth-order valence-corrected chi connectivity index (χ4v) is 3.66. The van der Waals surface area contributed by atoms with Crippen molar-refractivity contribution in [3.63, 3.8) is 0 Å². The molecule has 0 aromatic carbocycles.